The van der Waals surface area contributed by atoms with Crippen molar-refractivity contribution >= 4 is 57.2 Å². The van der Waals surface area contributed by atoms with E-state index in [9.17, 15) is 0 Å². The van der Waals surface area contributed by atoms with E-state index in [2.05, 4.69) is 48.2 Å². The SMILES string of the molecule is CN=C(NCc1ccc(Br)s1)N1CCC(N2CCCCC2)C1.I. The summed E-state index contributed by atoms with van der Waals surface area (Å²) in [4.78, 5) is 10.9. The van der Waals surface area contributed by atoms with Gasteiger partial charge < -0.3 is 10.2 Å². The minimum absolute atomic E-state index is 0. The molecule has 3 heterocycles. The fraction of sp³-hybridized carbons (Fsp3) is 0.688. The van der Waals surface area contributed by atoms with Gasteiger partial charge >= 0.3 is 0 Å². The van der Waals surface area contributed by atoms with Gasteiger partial charge in [0.2, 0.25) is 0 Å². The van der Waals surface area contributed by atoms with Gasteiger partial charge in [0.05, 0.1) is 10.3 Å². The molecule has 0 aliphatic carbocycles. The van der Waals surface area contributed by atoms with Gasteiger partial charge in [-0.05, 0) is 60.4 Å². The van der Waals surface area contributed by atoms with E-state index in [1.807, 2.05) is 7.05 Å². The van der Waals surface area contributed by atoms with E-state index in [1.54, 1.807) is 11.3 Å². The van der Waals surface area contributed by atoms with E-state index in [0.29, 0.717) is 0 Å². The third-order valence-corrected chi connectivity index (χ3v) is 6.25. The van der Waals surface area contributed by atoms with Crippen LogP contribution >= 0.6 is 51.2 Å². The lowest BCUT2D eigenvalue weighted by Gasteiger charge is -2.32. The minimum Gasteiger partial charge on any atom is -0.351 e. The van der Waals surface area contributed by atoms with Gasteiger partial charge in [0.25, 0.3) is 0 Å². The molecule has 2 fully saturated rings. The van der Waals surface area contributed by atoms with Gasteiger partial charge in [-0.1, -0.05) is 6.42 Å². The average molecular weight is 513 g/mol. The summed E-state index contributed by atoms with van der Waals surface area (Å²) in [5.74, 6) is 1.05. The molecule has 3 rings (SSSR count). The molecule has 0 saturated carbocycles. The summed E-state index contributed by atoms with van der Waals surface area (Å²) in [5.41, 5.74) is 0. The van der Waals surface area contributed by atoms with E-state index in [1.165, 1.54) is 47.4 Å². The molecule has 2 aliphatic heterocycles. The molecular formula is C16H26BrIN4S. The van der Waals surface area contributed by atoms with Gasteiger partial charge in [0.1, 0.15) is 0 Å². The van der Waals surface area contributed by atoms with Gasteiger partial charge in [-0.15, -0.1) is 35.3 Å². The Labute approximate surface area is 168 Å². The van der Waals surface area contributed by atoms with Gasteiger partial charge in [0.15, 0.2) is 5.96 Å². The first-order chi connectivity index (χ1) is 10.8. The fourth-order valence-corrected chi connectivity index (χ4v) is 4.88. The molecule has 1 N–H and O–H groups in total. The zero-order valence-electron chi connectivity index (χ0n) is 13.6. The molecule has 0 amide bonds. The first-order valence-corrected chi connectivity index (χ1v) is 9.81. The zero-order valence-corrected chi connectivity index (χ0v) is 18.4. The molecular weight excluding hydrogens is 487 g/mol. The highest BCUT2D eigenvalue weighted by atomic mass is 127. The molecule has 2 saturated heterocycles. The van der Waals surface area contributed by atoms with Gasteiger partial charge in [-0.2, -0.15) is 0 Å². The van der Waals surface area contributed by atoms with Crippen molar-refractivity contribution in [2.24, 2.45) is 4.99 Å². The Morgan fingerprint density at radius 2 is 2.09 bits per heavy atom. The topological polar surface area (TPSA) is 30.9 Å². The van der Waals surface area contributed by atoms with E-state index in [4.69, 9.17) is 0 Å². The molecule has 7 heteroatoms. The number of nitrogens with one attached hydrogen (secondary N) is 1. The van der Waals surface area contributed by atoms with Crippen molar-refractivity contribution in [1.82, 2.24) is 15.1 Å². The highest BCUT2D eigenvalue weighted by molar-refractivity contribution is 14.0. The van der Waals surface area contributed by atoms with Crippen molar-refractivity contribution < 1.29 is 0 Å². The number of piperidine rings is 1. The average Bonchev–Trinajstić information content (AvgIpc) is 3.18. The molecule has 2 aliphatic rings. The Kier molecular flexibility index (Phi) is 8.11. The van der Waals surface area contributed by atoms with Crippen LogP contribution in [0.2, 0.25) is 0 Å². The second kappa shape index (κ2) is 9.58. The molecule has 0 radical (unpaired) electrons. The quantitative estimate of drug-likeness (QED) is 0.380. The number of halogens is 2. The minimum atomic E-state index is 0. The van der Waals surface area contributed by atoms with Gasteiger partial charge in [0, 0.05) is 31.1 Å². The predicted molar refractivity (Wildman–Crippen MR) is 113 cm³/mol. The van der Waals surface area contributed by atoms with Crippen LogP contribution in [0.15, 0.2) is 20.9 Å². The van der Waals surface area contributed by atoms with E-state index >= 15 is 0 Å². The molecule has 1 aromatic rings. The molecule has 0 bridgehead atoms. The number of hydrogen-bond donors (Lipinski definition) is 1. The number of hydrogen-bond acceptors (Lipinski definition) is 3. The summed E-state index contributed by atoms with van der Waals surface area (Å²) in [6.45, 7) is 5.66. The molecule has 0 spiro atoms. The standard InChI is InChI=1S/C16H25BrN4S.HI/c1-18-16(19-11-14-5-6-15(17)22-14)21-10-7-13(12-21)20-8-3-2-4-9-20;/h5-6,13H,2-4,7-12H2,1H3,(H,18,19);1H. The number of aliphatic imine (C=N–C) groups is 1. The van der Waals surface area contributed by atoms with E-state index in [-0.39, 0.29) is 24.0 Å². The summed E-state index contributed by atoms with van der Waals surface area (Å²) in [7, 11) is 1.89. The Morgan fingerprint density at radius 3 is 2.74 bits per heavy atom. The van der Waals surface area contributed by atoms with Crippen LogP contribution in [-0.4, -0.2) is 55.0 Å². The fourth-order valence-electron chi connectivity index (χ4n) is 3.46. The lowest BCUT2D eigenvalue weighted by atomic mass is 10.1. The summed E-state index contributed by atoms with van der Waals surface area (Å²) in [6, 6.07) is 4.98. The van der Waals surface area contributed by atoms with E-state index in [0.717, 1.165) is 31.6 Å². The lowest BCUT2D eigenvalue weighted by molar-refractivity contribution is 0.168. The Bertz CT molecular complexity index is 516. The first-order valence-electron chi connectivity index (χ1n) is 8.20. The smallest absolute Gasteiger partial charge is 0.193 e. The second-order valence-corrected chi connectivity index (χ2v) is 8.64. The molecule has 0 aromatic carbocycles. The van der Waals surface area contributed by atoms with Crippen LogP contribution in [0.25, 0.3) is 0 Å². The van der Waals surface area contributed by atoms with Crippen molar-refractivity contribution in [3.63, 3.8) is 0 Å². The van der Waals surface area contributed by atoms with E-state index < -0.39 is 0 Å². The van der Waals surface area contributed by atoms with Crippen LogP contribution in [-0.2, 0) is 6.54 Å². The van der Waals surface area contributed by atoms with Gasteiger partial charge in [-0.25, -0.2) is 0 Å². The Morgan fingerprint density at radius 1 is 1.30 bits per heavy atom. The van der Waals surface area contributed by atoms with Crippen LogP contribution in [0.1, 0.15) is 30.6 Å². The van der Waals surface area contributed by atoms with Crippen molar-refractivity contribution in [3.05, 3.63) is 20.8 Å². The molecule has 130 valence electrons. The molecule has 1 atom stereocenters. The number of guanidine groups is 1. The highest BCUT2D eigenvalue weighted by Crippen LogP contribution is 2.22. The summed E-state index contributed by atoms with van der Waals surface area (Å²) in [6.07, 6.45) is 5.42. The highest BCUT2D eigenvalue weighted by Gasteiger charge is 2.29. The van der Waals surface area contributed by atoms with Crippen LogP contribution in [0, 0.1) is 0 Å². The third-order valence-electron chi connectivity index (χ3n) is 4.63. The maximum absolute atomic E-state index is 4.48. The Balaban J connectivity index is 0.00000192. The summed E-state index contributed by atoms with van der Waals surface area (Å²) < 4.78 is 1.19. The van der Waals surface area contributed by atoms with Gasteiger partial charge in [-0.3, -0.25) is 9.89 Å². The molecule has 1 unspecified atom stereocenters. The number of nitrogens with zero attached hydrogens (tertiary/aromatic N) is 3. The van der Waals surface area contributed by atoms with Crippen LogP contribution < -0.4 is 5.32 Å². The maximum Gasteiger partial charge on any atom is 0.193 e. The maximum atomic E-state index is 4.48. The number of rotatable bonds is 3. The van der Waals surface area contributed by atoms with Crippen molar-refractivity contribution in [2.45, 2.75) is 38.3 Å². The van der Waals surface area contributed by atoms with Crippen LogP contribution in [0.5, 0.6) is 0 Å². The van der Waals surface area contributed by atoms with Crippen LogP contribution in [0.4, 0.5) is 0 Å². The molecule has 23 heavy (non-hydrogen) atoms. The summed E-state index contributed by atoms with van der Waals surface area (Å²) in [5, 5.41) is 3.51. The lowest BCUT2D eigenvalue weighted by Crippen LogP contribution is -2.44. The Hall–Kier alpha value is 0.140. The molecule has 1 aromatic heterocycles. The van der Waals surface area contributed by atoms with Crippen molar-refractivity contribution in [1.29, 1.82) is 0 Å². The number of thiophene rings is 1. The van der Waals surface area contributed by atoms with Crippen molar-refractivity contribution in [2.75, 3.05) is 33.2 Å². The monoisotopic (exact) mass is 512 g/mol. The number of likely N-dealkylation sites (tertiary alicyclic amines) is 2. The first kappa shape index (κ1) is 19.5. The van der Waals surface area contributed by atoms with Crippen LogP contribution in [0.3, 0.4) is 0 Å². The normalized spacial score (nSPS) is 23.0. The second-order valence-electron chi connectivity index (χ2n) is 6.09. The largest absolute Gasteiger partial charge is 0.351 e. The predicted octanol–water partition coefficient (Wildman–Crippen LogP) is 3.76. The third kappa shape index (κ3) is 5.31. The summed E-state index contributed by atoms with van der Waals surface area (Å²) >= 11 is 5.30. The van der Waals surface area contributed by atoms with Crippen molar-refractivity contribution in [3.8, 4) is 0 Å². The molecule has 4 nitrogen and oxygen atoms in total. The zero-order chi connectivity index (χ0) is 15.4.